The standard InChI is InChI=1S/C130H184O8/c1-9-17-25-33-41-97-131-113-73-49-105(50-74-113)65-89-121-122(90-66-106-51-75-114(76-52-106)132-98-42-34-26-18-10-2)126(94-70-110-59-83-118(84-60-110)136-102-46-38-30-22-14-6)130-128(96-72-112-63-87-120(88-64-112)138-104-48-40-32-24-16-8)124(92-68-108-55-79-116(80-56-108)134-100-44-36-28-20-12-4)123(91-67-107-53-77-115(78-54-107)133-99-43-35-27-19-11-3)127(95-71-111-61-85-119(86-62-111)137-103-47-39-31-23-15-7)129(130)125(121)93-69-109-57-81-117(82-58-109)135-101-45-37-29-21-13-5/h49-64,73-88H,9-48,65-72,89-104H2,1-8H3. The lowest BCUT2D eigenvalue weighted by atomic mass is 9.73. The van der Waals surface area contributed by atoms with Crippen LogP contribution >= 0.6 is 0 Å². The predicted octanol–water partition coefficient (Wildman–Crippen LogP) is 35.9. The lowest BCUT2D eigenvalue weighted by Gasteiger charge is -2.31. The molecule has 0 aliphatic rings. The molecule has 10 aromatic carbocycles. The number of fused-ring (bicyclic) bond motifs is 1. The summed E-state index contributed by atoms with van der Waals surface area (Å²) in [6, 6.07) is 74.3. The van der Waals surface area contributed by atoms with Crippen LogP contribution in [0.1, 0.15) is 401 Å². The van der Waals surface area contributed by atoms with Gasteiger partial charge in [-0.3, -0.25) is 0 Å². The molecular weight excluding hydrogens is 1690 g/mol. The van der Waals surface area contributed by atoms with E-state index in [0.29, 0.717) is 0 Å². The maximum Gasteiger partial charge on any atom is 0.119 e. The van der Waals surface area contributed by atoms with Crippen LogP contribution < -0.4 is 37.9 Å². The van der Waals surface area contributed by atoms with Gasteiger partial charge in [-0.2, -0.15) is 0 Å². The summed E-state index contributed by atoms with van der Waals surface area (Å²) in [4.78, 5) is 0. The van der Waals surface area contributed by atoms with E-state index in [1.54, 1.807) is 0 Å². The van der Waals surface area contributed by atoms with E-state index in [9.17, 15) is 0 Å². The van der Waals surface area contributed by atoms with E-state index in [4.69, 9.17) is 37.9 Å². The maximum atomic E-state index is 6.60. The number of hydrogen-bond donors (Lipinski definition) is 0. The molecule has 0 N–H and O–H groups in total. The van der Waals surface area contributed by atoms with Crippen LogP contribution in [0.5, 0.6) is 46.0 Å². The minimum absolute atomic E-state index is 0.740. The third-order valence-corrected chi connectivity index (χ3v) is 28.5. The Labute approximate surface area is 840 Å². The Morgan fingerprint density at radius 2 is 0.225 bits per heavy atom. The number of unbranched alkanes of at least 4 members (excludes halogenated alkanes) is 32. The van der Waals surface area contributed by atoms with Crippen LogP contribution in [-0.4, -0.2) is 52.9 Å². The Bertz CT molecular complexity index is 4170. The van der Waals surface area contributed by atoms with Gasteiger partial charge in [-0.15, -0.1) is 0 Å². The van der Waals surface area contributed by atoms with Crippen molar-refractivity contribution in [3.8, 4) is 46.0 Å². The second-order valence-electron chi connectivity index (χ2n) is 39.8. The van der Waals surface area contributed by atoms with E-state index in [1.165, 1.54) is 305 Å². The Hall–Kier alpha value is -9.14. The molecule has 138 heavy (non-hydrogen) atoms. The molecule has 752 valence electrons. The van der Waals surface area contributed by atoms with E-state index in [2.05, 4.69) is 250 Å². The van der Waals surface area contributed by atoms with Gasteiger partial charge in [0.05, 0.1) is 52.9 Å². The zero-order valence-corrected chi connectivity index (χ0v) is 88.0. The van der Waals surface area contributed by atoms with Gasteiger partial charge in [-0.25, -0.2) is 0 Å². The van der Waals surface area contributed by atoms with Gasteiger partial charge >= 0.3 is 0 Å². The molecule has 0 saturated heterocycles. The molecule has 8 heteroatoms. The summed E-state index contributed by atoms with van der Waals surface area (Å²) in [5.41, 5.74) is 22.9. The van der Waals surface area contributed by atoms with E-state index >= 15 is 0 Å². The van der Waals surface area contributed by atoms with E-state index in [0.717, 1.165) is 253 Å². The highest BCUT2D eigenvalue weighted by Gasteiger charge is 2.29. The first-order valence-corrected chi connectivity index (χ1v) is 56.6. The van der Waals surface area contributed by atoms with Gasteiger partial charge < -0.3 is 37.9 Å². The summed E-state index contributed by atoms with van der Waals surface area (Å²) >= 11 is 0. The summed E-state index contributed by atoms with van der Waals surface area (Å²) < 4.78 is 52.7. The third kappa shape index (κ3) is 42.0. The molecule has 0 fully saturated rings. The molecular formula is C130H184O8. The first-order valence-electron chi connectivity index (χ1n) is 56.6. The molecule has 0 atom stereocenters. The molecule has 0 amide bonds. The Morgan fingerprint density at radius 3 is 0.341 bits per heavy atom. The molecule has 0 radical (unpaired) electrons. The fourth-order valence-electron chi connectivity index (χ4n) is 19.9. The molecule has 0 aromatic heterocycles. The SMILES string of the molecule is CCCCCCCOc1ccc(CCc2c(CCc3ccc(OCCCCCCC)cc3)c(CCc3ccc(OCCCCCCC)cc3)c3c(CCc4ccc(OCCCCCCC)cc4)c(CCc4ccc(OCCCCCCC)cc4)c(CCc4ccc(OCCCCCCC)cc4)c(CCc4ccc(OCCCCCCC)cc4)c3c2CCc2ccc(OCCCCCCC)cc2)cc1. The van der Waals surface area contributed by atoms with E-state index in [1.807, 2.05) is 0 Å². The summed E-state index contributed by atoms with van der Waals surface area (Å²) in [5, 5.41) is 3.01. The van der Waals surface area contributed by atoms with Gasteiger partial charge in [0.15, 0.2) is 0 Å². The van der Waals surface area contributed by atoms with Crippen molar-refractivity contribution in [1.82, 2.24) is 0 Å². The van der Waals surface area contributed by atoms with Gasteiger partial charge in [0, 0.05) is 0 Å². The molecule has 0 unspecified atom stereocenters. The number of hydrogen-bond acceptors (Lipinski definition) is 8. The quantitative estimate of drug-likeness (QED) is 0.0349. The second kappa shape index (κ2) is 68.9. The molecule has 0 aliphatic carbocycles. The van der Waals surface area contributed by atoms with Gasteiger partial charge in [-0.05, 0) is 351 Å². The van der Waals surface area contributed by atoms with Crippen molar-refractivity contribution >= 4 is 10.8 Å². The minimum atomic E-state index is 0.740. The topological polar surface area (TPSA) is 73.8 Å². The van der Waals surface area contributed by atoms with Crippen LogP contribution in [-0.2, 0) is 103 Å². The summed E-state index contributed by atoms with van der Waals surface area (Å²) in [7, 11) is 0. The highest BCUT2D eigenvalue weighted by molar-refractivity contribution is 5.99. The van der Waals surface area contributed by atoms with Crippen molar-refractivity contribution in [2.45, 2.75) is 415 Å². The van der Waals surface area contributed by atoms with Crippen molar-refractivity contribution < 1.29 is 37.9 Å². The van der Waals surface area contributed by atoms with Gasteiger partial charge in [0.1, 0.15) is 46.0 Å². The van der Waals surface area contributed by atoms with Gasteiger partial charge in [0.2, 0.25) is 0 Å². The molecule has 0 heterocycles. The lowest BCUT2D eigenvalue weighted by Crippen LogP contribution is -2.17. The average Bonchev–Trinajstić information content (AvgIpc) is 0.716. The van der Waals surface area contributed by atoms with Crippen LogP contribution in [0.4, 0.5) is 0 Å². The first kappa shape index (κ1) is 111. The zero-order valence-electron chi connectivity index (χ0n) is 88.0. The molecule has 0 bridgehead atoms. The largest absolute Gasteiger partial charge is 0.494 e. The smallest absolute Gasteiger partial charge is 0.119 e. The highest BCUT2D eigenvalue weighted by Crippen LogP contribution is 2.45. The molecule has 0 aliphatic heterocycles. The van der Waals surface area contributed by atoms with Crippen LogP contribution in [0.15, 0.2) is 194 Å². The maximum absolute atomic E-state index is 6.60. The van der Waals surface area contributed by atoms with Crippen LogP contribution in [0.3, 0.4) is 0 Å². The predicted molar refractivity (Wildman–Crippen MR) is 589 cm³/mol. The minimum Gasteiger partial charge on any atom is -0.494 e. The molecule has 10 rings (SSSR count). The second-order valence-corrected chi connectivity index (χ2v) is 39.8. The van der Waals surface area contributed by atoms with Crippen LogP contribution in [0.25, 0.3) is 10.8 Å². The fraction of sp³-hybridized carbons (Fsp3) is 0.554. The molecule has 0 saturated carbocycles. The van der Waals surface area contributed by atoms with Crippen molar-refractivity contribution in [3.05, 3.63) is 283 Å². The normalized spacial score (nSPS) is 11.4. The van der Waals surface area contributed by atoms with Crippen LogP contribution in [0, 0.1) is 0 Å². The number of aryl methyl sites for hydroxylation is 12. The van der Waals surface area contributed by atoms with E-state index < -0.39 is 0 Å². The summed E-state index contributed by atoms with van der Waals surface area (Å²) in [6.07, 6.45) is 62.4. The molecule has 0 spiro atoms. The number of benzene rings is 10. The van der Waals surface area contributed by atoms with Crippen molar-refractivity contribution in [1.29, 1.82) is 0 Å². The monoisotopic (exact) mass is 1870 g/mol. The number of rotatable bonds is 80. The molecule has 10 aromatic rings. The zero-order chi connectivity index (χ0) is 96.6. The fourth-order valence-corrected chi connectivity index (χ4v) is 19.9. The summed E-state index contributed by atoms with van der Waals surface area (Å²) in [6.45, 7) is 24.3. The van der Waals surface area contributed by atoms with E-state index in [-0.39, 0.29) is 0 Å². The highest BCUT2D eigenvalue weighted by atomic mass is 16.5. The Morgan fingerprint density at radius 1 is 0.116 bits per heavy atom. The summed E-state index contributed by atoms with van der Waals surface area (Å²) in [5.74, 6) is 7.68. The number of ether oxygens (including phenoxy) is 8. The Balaban J connectivity index is 1.26. The average molecular weight is 1870 g/mol. The first-order chi connectivity index (χ1) is 68.2. The van der Waals surface area contributed by atoms with Gasteiger partial charge in [0.25, 0.3) is 0 Å². The van der Waals surface area contributed by atoms with Crippen LogP contribution in [0.2, 0.25) is 0 Å². The van der Waals surface area contributed by atoms with Crippen molar-refractivity contribution in [3.63, 3.8) is 0 Å². The van der Waals surface area contributed by atoms with Gasteiger partial charge in [-0.1, -0.05) is 358 Å². The van der Waals surface area contributed by atoms with Crippen molar-refractivity contribution in [2.75, 3.05) is 52.9 Å². The third-order valence-electron chi connectivity index (χ3n) is 28.5. The lowest BCUT2D eigenvalue weighted by molar-refractivity contribution is 0.304. The van der Waals surface area contributed by atoms with Crippen molar-refractivity contribution in [2.24, 2.45) is 0 Å². The molecule has 8 nitrogen and oxygen atoms in total. The Kier molecular flexibility index (Phi) is 55.3.